The van der Waals surface area contributed by atoms with Crippen molar-refractivity contribution in [1.82, 2.24) is 10.2 Å². The summed E-state index contributed by atoms with van der Waals surface area (Å²) in [7, 11) is 0. The Morgan fingerprint density at radius 3 is 2.95 bits per heavy atom. The molecule has 1 atom stereocenters. The van der Waals surface area contributed by atoms with Gasteiger partial charge in [0.05, 0.1) is 28.4 Å². The number of ether oxygens (including phenoxy) is 1. The maximum Gasteiger partial charge on any atom is 0.320 e. The van der Waals surface area contributed by atoms with Crippen LogP contribution < -0.4 is 5.32 Å². The topological polar surface area (TPSA) is 58.6 Å². The van der Waals surface area contributed by atoms with Crippen LogP contribution in [0.5, 0.6) is 0 Å². The van der Waals surface area contributed by atoms with E-state index in [9.17, 15) is 9.59 Å². The van der Waals surface area contributed by atoms with E-state index < -0.39 is 0 Å². The second kappa shape index (κ2) is 7.06. The predicted molar refractivity (Wildman–Crippen MR) is 82.8 cm³/mol. The minimum atomic E-state index is -0.262. The predicted octanol–water partition coefficient (Wildman–Crippen LogP) is 1.93. The van der Waals surface area contributed by atoms with Gasteiger partial charge in [0, 0.05) is 13.1 Å². The lowest BCUT2D eigenvalue weighted by Crippen LogP contribution is -2.38. The van der Waals surface area contributed by atoms with Gasteiger partial charge in [-0.1, -0.05) is 18.2 Å². The molecule has 2 heterocycles. The van der Waals surface area contributed by atoms with Crippen LogP contribution in [0.15, 0.2) is 24.3 Å². The molecule has 1 saturated heterocycles. The summed E-state index contributed by atoms with van der Waals surface area (Å²) in [6, 6.07) is 3.22. The summed E-state index contributed by atoms with van der Waals surface area (Å²) in [4.78, 5) is 26.0. The van der Waals surface area contributed by atoms with Gasteiger partial charge in [-0.05, 0) is 24.6 Å². The average Bonchev–Trinajstić information content (AvgIpc) is 2.97. The lowest BCUT2D eigenvalue weighted by Gasteiger charge is -2.15. The standard InChI is InChI=1S/C14H17ClN2O3S/c1-3-20-13(18)8-17-6-9(2)10(7-17)16-14(19)11-4-5-12(15)21-11/h4-5,10H,2-3,6-8H2,1H3,(H,16,19)/t10-/m0/s1. The molecule has 0 aliphatic carbocycles. The molecule has 1 amide bonds. The summed E-state index contributed by atoms with van der Waals surface area (Å²) in [5, 5.41) is 2.91. The fourth-order valence-corrected chi connectivity index (χ4v) is 3.12. The van der Waals surface area contributed by atoms with Crippen molar-refractivity contribution in [2.75, 3.05) is 26.2 Å². The lowest BCUT2D eigenvalue weighted by atomic mass is 10.2. The third-order valence-electron chi connectivity index (χ3n) is 3.12. The molecule has 7 heteroatoms. The van der Waals surface area contributed by atoms with Crippen LogP contribution in [0.3, 0.4) is 0 Å². The van der Waals surface area contributed by atoms with Crippen molar-refractivity contribution in [2.45, 2.75) is 13.0 Å². The van der Waals surface area contributed by atoms with Gasteiger partial charge < -0.3 is 10.1 Å². The van der Waals surface area contributed by atoms with Gasteiger partial charge in [-0.15, -0.1) is 11.3 Å². The Bertz CT molecular complexity index is 558. The fraction of sp³-hybridized carbons (Fsp3) is 0.429. The van der Waals surface area contributed by atoms with E-state index in [4.69, 9.17) is 16.3 Å². The molecule has 0 unspecified atom stereocenters. The molecule has 114 valence electrons. The van der Waals surface area contributed by atoms with Gasteiger partial charge >= 0.3 is 5.97 Å². The van der Waals surface area contributed by atoms with E-state index in [1.807, 2.05) is 4.90 Å². The van der Waals surface area contributed by atoms with Crippen LogP contribution in [-0.4, -0.2) is 49.1 Å². The Hall–Kier alpha value is -1.37. The number of amides is 1. The molecular weight excluding hydrogens is 312 g/mol. The first-order chi connectivity index (χ1) is 9.99. The van der Waals surface area contributed by atoms with Crippen LogP contribution >= 0.6 is 22.9 Å². The van der Waals surface area contributed by atoms with Crippen LogP contribution in [0.25, 0.3) is 0 Å². The van der Waals surface area contributed by atoms with E-state index in [0.29, 0.717) is 28.9 Å². The molecule has 1 aromatic rings. The number of hydrogen-bond donors (Lipinski definition) is 1. The Morgan fingerprint density at radius 2 is 2.33 bits per heavy atom. The van der Waals surface area contributed by atoms with Crippen LogP contribution in [0.1, 0.15) is 16.6 Å². The number of likely N-dealkylation sites (tertiary alicyclic amines) is 1. The fourth-order valence-electron chi connectivity index (χ4n) is 2.17. The average molecular weight is 329 g/mol. The van der Waals surface area contributed by atoms with E-state index in [2.05, 4.69) is 11.9 Å². The zero-order valence-electron chi connectivity index (χ0n) is 11.7. The summed E-state index contributed by atoms with van der Waals surface area (Å²) in [6.07, 6.45) is 0. The van der Waals surface area contributed by atoms with Crippen molar-refractivity contribution in [3.05, 3.63) is 33.5 Å². The second-order valence-corrected chi connectivity index (χ2v) is 6.48. The van der Waals surface area contributed by atoms with Crippen LogP contribution in [0.2, 0.25) is 4.34 Å². The van der Waals surface area contributed by atoms with Crippen molar-refractivity contribution >= 4 is 34.8 Å². The quantitative estimate of drug-likeness (QED) is 0.663. The number of esters is 1. The minimum absolute atomic E-state index is 0.159. The highest BCUT2D eigenvalue weighted by molar-refractivity contribution is 7.18. The van der Waals surface area contributed by atoms with Crippen molar-refractivity contribution in [3.63, 3.8) is 0 Å². The molecule has 21 heavy (non-hydrogen) atoms. The van der Waals surface area contributed by atoms with Gasteiger partial charge in [-0.25, -0.2) is 0 Å². The lowest BCUT2D eigenvalue weighted by molar-refractivity contribution is -0.144. The van der Waals surface area contributed by atoms with E-state index in [-0.39, 0.29) is 24.5 Å². The van der Waals surface area contributed by atoms with Gasteiger partial charge in [0.2, 0.25) is 0 Å². The summed E-state index contributed by atoms with van der Waals surface area (Å²) < 4.78 is 5.49. The number of carbonyl (C=O) groups is 2. The molecule has 1 fully saturated rings. The number of carbonyl (C=O) groups excluding carboxylic acids is 2. The molecule has 0 saturated carbocycles. The first kappa shape index (κ1) is 16.0. The van der Waals surface area contributed by atoms with Crippen molar-refractivity contribution in [2.24, 2.45) is 0 Å². The molecule has 5 nitrogen and oxygen atoms in total. The van der Waals surface area contributed by atoms with E-state index in [0.717, 1.165) is 5.57 Å². The molecule has 0 bridgehead atoms. The molecule has 1 aliphatic rings. The highest BCUT2D eigenvalue weighted by Gasteiger charge is 2.29. The molecule has 1 aliphatic heterocycles. The first-order valence-corrected chi connectivity index (χ1v) is 7.81. The Morgan fingerprint density at radius 1 is 1.57 bits per heavy atom. The van der Waals surface area contributed by atoms with E-state index in [1.54, 1.807) is 19.1 Å². The van der Waals surface area contributed by atoms with Crippen molar-refractivity contribution < 1.29 is 14.3 Å². The zero-order chi connectivity index (χ0) is 15.4. The molecule has 1 aromatic heterocycles. The van der Waals surface area contributed by atoms with Crippen LogP contribution in [0, 0.1) is 0 Å². The minimum Gasteiger partial charge on any atom is -0.465 e. The Labute approximate surface area is 132 Å². The number of hydrogen-bond acceptors (Lipinski definition) is 5. The molecule has 0 aromatic carbocycles. The first-order valence-electron chi connectivity index (χ1n) is 6.61. The van der Waals surface area contributed by atoms with Gasteiger partial charge in [-0.2, -0.15) is 0 Å². The Kier molecular flexibility index (Phi) is 5.39. The maximum absolute atomic E-state index is 12.1. The van der Waals surface area contributed by atoms with Crippen LogP contribution in [-0.2, 0) is 9.53 Å². The van der Waals surface area contributed by atoms with Crippen molar-refractivity contribution in [1.29, 1.82) is 0 Å². The van der Waals surface area contributed by atoms with Gasteiger partial charge in [-0.3, -0.25) is 14.5 Å². The number of nitrogens with zero attached hydrogens (tertiary/aromatic N) is 1. The Balaban J connectivity index is 1.88. The molecule has 0 radical (unpaired) electrons. The third kappa shape index (κ3) is 4.30. The highest BCUT2D eigenvalue weighted by Crippen LogP contribution is 2.22. The third-order valence-corrected chi connectivity index (χ3v) is 4.35. The summed E-state index contributed by atoms with van der Waals surface area (Å²) in [6.45, 7) is 7.45. The number of nitrogens with one attached hydrogen (secondary N) is 1. The summed E-state index contributed by atoms with van der Waals surface area (Å²) in [5.41, 5.74) is 0.885. The van der Waals surface area contributed by atoms with Gasteiger partial charge in [0.1, 0.15) is 0 Å². The maximum atomic E-state index is 12.1. The normalized spacial score (nSPS) is 18.8. The smallest absolute Gasteiger partial charge is 0.320 e. The molecular formula is C14H17ClN2O3S. The van der Waals surface area contributed by atoms with E-state index in [1.165, 1.54) is 11.3 Å². The highest BCUT2D eigenvalue weighted by atomic mass is 35.5. The largest absolute Gasteiger partial charge is 0.465 e. The van der Waals surface area contributed by atoms with Gasteiger partial charge in [0.25, 0.3) is 5.91 Å². The van der Waals surface area contributed by atoms with Gasteiger partial charge in [0.15, 0.2) is 0 Å². The zero-order valence-corrected chi connectivity index (χ0v) is 13.3. The van der Waals surface area contributed by atoms with Crippen LogP contribution in [0.4, 0.5) is 0 Å². The summed E-state index contributed by atoms with van der Waals surface area (Å²) >= 11 is 7.06. The number of thiophene rings is 1. The summed E-state index contributed by atoms with van der Waals surface area (Å²) in [5.74, 6) is -0.432. The number of halogens is 1. The molecule has 1 N–H and O–H groups in total. The molecule has 0 spiro atoms. The molecule has 2 rings (SSSR count). The van der Waals surface area contributed by atoms with E-state index >= 15 is 0 Å². The monoisotopic (exact) mass is 328 g/mol. The van der Waals surface area contributed by atoms with Crippen molar-refractivity contribution in [3.8, 4) is 0 Å². The second-order valence-electron chi connectivity index (χ2n) is 4.76. The SMILES string of the molecule is C=C1CN(CC(=O)OCC)C[C@@H]1NC(=O)c1ccc(Cl)s1. The number of rotatable bonds is 5.